The molecule has 0 saturated heterocycles. The molecule has 42 heavy (non-hydrogen) atoms. The molecule has 0 aromatic heterocycles. The Morgan fingerprint density at radius 3 is 1.14 bits per heavy atom. The third-order valence-corrected chi connectivity index (χ3v) is 13.1. The van der Waals surface area contributed by atoms with E-state index in [1.165, 1.54) is 58.9 Å². The predicted molar refractivity (Wildman–Crippen MR) is 188 cm³/mol. The van der Waals surface area contributed by atoms with Crippen LogP contribution in [0.1, 0.15) is 12.5 Å². The molecule has 0 aliphatic rings. The van der Waals surface area contributed by atoms with Gasteiger partial charge in [0.05, 0.1) is 0 Å². The van der Waals surface area contributed by atoms with Crippen molar-refractivity contribution in [1.82, 2.24) is 0 Å². The van der Waals surface area contributed by atoms with Gasteiger partial charge in [-0.05, 0) is 70.6 Å². The van der Waals surface area contributed by atoms with Gasteiger partial charge >= 0.3 is 0 Å². The summed E-state index contributed by atoms with van der Waals surface area (Å²) in [6.45, 7) is 2.30. The summed E-state index contributed by atoms with van der Waals surface area (Å²) in [4.78, 5) is 0. The van der Waals surface area contributed by atoms with Crippen LogP contribution in [0.3, 0.4) is 0 Å². The lowest BCUT2D eigenvalue weighted by Crippen LogP contribution is -2.27. The van der Waals surface area contributed by atoms with Crippen LogP contribution in [-0.2, 0) is 6.42 Å². The van der Waals surface area contributed by atoms with Crippen molar-refractivity contribution in [3.05, 3.63) is 169 Å². The van der Waals surface area contributed by atoms with E-state index in [-0.39, 0.29) is 0 Å². The standard InChI is InChI=1S/C40H32P2/c1-2-30-18-17-29-37-38(30)40(42(33-23-11-5-12-24-33)34-25-13-6-14-26-34)36-28-16-15-27-35(36)39(37)41(31-19-7-3-8-20-31)32-21-9-4-10-22-32/h3-29H,2H2,1H3. The minimum Gasteiger partial charge on any atom is -0.0622 e. The van der Waals surface area contributed by atoms with Crippen molar-refractivity contribution >= 4 is 69.2 Å². The summed E-state index contributed by atoms with van der Waals surface area (Å²) < 4.78 is 0. The van der Waals surface area contributed by atoms with Gasteiger partial charge < -0.3 is 0 Å². The predicted octanol–water partition coefficient (Wildman–Crippen LogP) is 8.07. The van der Waals surface area contributed by atoms with Crippen LogP contribution in [0.25, 0.3) is 21.5 Å². The largest absolute Gasteiger partial charge is 0.0622 e. The van der Waals surface area contributed by atoms with Gasteiger partial charge in [0, 0.05) is 10.6 Å². The number of hydrogen-bond donors (Lipinski definition) is 0. The summed E-state index contributed by atoms with van der Waals surface area (Å²) in [5.41, 5.74) is 1.42. The monoisotopic (exact) mass is 574 g/mol. The molecule has 202 valence electrons. The number of hydrogen-bond acceptors (Lipinski definition) is 0. The maximum Gasteiger partial charge on any atom is 0.000919 e. The molecule has 2 heteroatoms. The molecule has 0 spiro atoms. The highest BCUT2D eigenvalue weighted by atomic mass is 31.1. The molecule has 0 N–H and O–H groups in total. The normalized spacial score (nSPS) is 11.5. The summed E-state index contributed by atoms with van der Waals surface area (Å²) in [5.74, 6) is 0. The van der Waals surface area contributed by atoms with E-state index in [0.717, 1.165) is 6.42 Å². The molecule has 0 fully saturated rings. The molecular formula is C40H32P2. The van der Waals surface area contributed by atoms with Gasteiger partial charge in [0.25, 0.3) is 0 Å². The van der Waals surface area contributed by atoms with Gasteiger partial charge in [0.2, 0.25) is 0 Å². The molecular weight excluding hydrogens is 542 g/mol. The summed E-state index contributed by atoms with van der Waals surface area (Å²) in [5, 5.41) is 14.0. The second-order valence-corrected chi connectivity index (χ2v) is 14.8. The van der Waals surface area contributed by atoms with Crippen molar-refractivity contribution in [3.8, 4) is 0 Å². The van der Waals surface area contributed by atoms with Crippen molar-refractivity contribution < 1.29 is 0 Å². The third kappa shape index (κ3) is 4.86. The Hall–Kier alpha value is -4.08. The Labute approximate surface area is 251 Å². The summed E-state index contributed by atoms with van der Waals surface area (Å²) >= 11 is 0. The number of fused-ring (bicyclic) bond motifs is 2. The van der Waals surface area contributed by atoms with Crippen LogP contribution >= 0.6 is 15.8 Å². The first kappa shape index (κ1) is 26.8. The van der Waals surface area contributed by atoms with E-state index in [1.807, 2.05) is 0 Å². The summed E-state index contributed by atoms with van der Waals surface area (Å²) in [7, 11) is -1.60. The number of rotatable bonds is 7. The van der Waals surface area contributed by atoms with E-state index in [4.69, 9.17) is 0 Å². The number of aryl methyl sites for hydroxylation is 1. The van der Waals surface area contributed by atoms with Crippen LogP contribution in [0.5, 0.6) is 0 Å². The Morgan fingerprint density at radius 1 is 0.357 bits per heavy atom. The molecule has 0 aliphatic heterocycles. The van der Waals surface area contributed by atoms with Crippen LogP contribution in [0.15, 0.2) is 164 Å². The van der Waals surface area contributed by atoms with Crippen LogP contribution in [-0.4, -0.2) is 0 Å². The van der Waals surface area contributed by atoms with E-state index in [1.54, 1.807) is 0 Å². The van der Waals surface area contributed by atoms with E-state index in [2.05, 4.69) is 171 Å². The molecule has 0 saturated carbocycles. The first-order valence-corrected chi connectivity index (χ1v) is 17.3. The fourth-order valence-electron chi connectivity index (χ4n) is 6.14. The molecule has 0 atom stereocenters. The molecule has 0 heterocycles. The molecule has 7 aromatic carbocycles. The maximum absolute atomic E-state index is 2.39. The van der Waals surface area contributed by atoms with Crippen molar-refractivity contribution in [2.45, 2.75) is 13.3 Å². The molecule has 0 aliphatic carbocycles. The Kier molecular flexibility index (Phi) is 7.68. The third-order valence-electron chi connectivity index (χ3n) is 7.97. The zero-order valence-electron chi connectivity index (χ0n) is 23.7. The highest BCUT2D eigenvalue weighted by Gasteiger charge is 2.28. The van der Waals surface area contributed by atoms with Gasteiger partial charge in [-0.25, -0.2) is 0 Å². The van der Waals surface area contributed by atoms with Crippen molar-refractivity contribution in [2.24, 2.45) is 0 Å². The highest BCUT2D eigenvalue weighted by molar-refractivity contribution is 7.81. The average molecular weight is 575 g/mol. The molecule has 0 nitrogen and oxygen atoms in total. The van der Waals surface area contributed by atoms with Gasteiger partial charge in [-0.15, -0.1) is 0 Å². The van der Waals surface area contributed by atoms with Crippen molar-refractivity contribution in [1.29, 1.82) is 0 Å². The number of benzene rings is 7. The van der Waals surface area contributed by atoms with Crippen LogP contribution in [0, 0.1) is 0 Å². The first-order valence-electron chi connectivity index (χ1n) is 14.6. The van der Waals surface area contributed by atoms with Crippen LogP contribution < -0.4 is 31.8 Å². The fraction of sp³-hybridized carbons (Fsp3) is 0.0500. The van der Waals surface area contributed by atoms with Crippen LogP contribution in [0.4, 0.5) is 0 Å². The fourth-order valence-corrected chi connectivity index (χ4v) is 11.4. The zero-order chi connectivity index (χ0) is 28.3. The van der Waals surface area contributed by atoms with Crippen molar-refractivity contribution in [2.75, 3.05) is 0 Å². The smallest absolute Gasteiger partial charge is 0.000919 e. The van der Waals surface area contributed by atoms with E-state index < -0.39 is 15.8 Å². The minimum atomic E-state index is -0.800. The molecule has 0 bridgehead atoms. The maximum atomic E-state index is 2.39. The molecule has 7 rings (SSSR count). The lowest BCUT2D eigenvalue weighted by molar-refractivity contribution is 1.16. The van der Waals surface area contributed by atoms with Gasteiger partial charge in [-0.3, -0.25) is 0 Å². The molecule has 0 unspecified atom stereocenters. The van der Waals surface area contributed by atoms with Gasteiger partial charge in [-0.2, -0.15) is 0 Å². The topological polar surface area (TPSA) is 0 Å². The SMILES string of the molecule is CCc1cccc2c(P(c3ccccc3)c3ccccc3)c3ccccc3c(P(c3ccccc3)c3ccccc3)c12. The lowest BCUT2D eigenvalue weighted by atomic mass is 9.98. The molecule has 0 radical (unpaired) electrons. The lowest BCUT2D eigenvalue weighted by Gasteiger charge is -2.29. The molecule has 0 amide bonds. The van der Waals surface area contributed by atoms with Gasteiger partial charge in [-0.1, -0.05) is 171 Å². The summed E-state index contributed by atoms with van der Waals surface area (Å²) in [6.07, 6.45) is 0.990. The zero-order valence-corrected chi connectivity index (χ0v) is 25.5. The van der Waals surface area contributed by atoms with Crippen LogP contribution in [0.2, 0.25) is 0 Å². The quantitative estimate of drug-likeness (QED) is 0.133. The highest BCUT2D eigenvalue weighted by Crippen LogP contribution is 2.44. The Morgan fingerprint density at radius 2 is 0.714 bits per heavy atom. The van der Waals surface area contributed by atoms with E-state index in [0.29, 0.717) is 0 Å². The first-order chi connectivity index (χ1) is 20.8. The average Bonchev–Trinajstić information content (AvgIpc) is 3.07. The van der Waals surface area contributed by atoms with Crippen molar-refractivity contribution in [3.63, 3.8) is 0 Å². The van der Waals surface area contributed by atoms with Gasteiger partial charge in [0.15, 0.2) is 0 Å². The van der Waals surface area contributed by atoms with E-state index in [9.17, 15) is 0 Å². The Bertz CT molecular complexity index is 1870. The summed E-state index contributed by atoms with van der Waals surface area (Å²) in [6, 6.07) is 60.8. The van der Waals surface area contributed by atoms with Gasteiger partial charge in [0.1, 0.15) is 0 Å². The Balaban J connectivity index is 1.67. The molecule has 7 aromatic rings. The second kappa shape index (κ2) is 12.0. The van der Waals surface area contributed by atoms with E-state index >= 15 is 0 Å². The minimum absolute atomic E-state index is 0.796. The second-order valence-electron chi connectivity index (χ2n) is 10.4.